The predicted octanol–water partition coefficient (Wildman–Crippen LogP) is 4.13. The molecule has 0 amide bonds. The molecule has 0 aliphatic carbocycles. The zero-order valence-corrected chi connectivity index (χ0v) is 19.2. The number of aromatic nitrogens is 3. The van der Waals surface area contributed by atoms with Crippen LogP contribution in [0.25, 0.3) is 11.2 Å². The number of piperidine rings is 1. The molecule has 3 aromatic rings. The van der Waals surface area contributed by atoms with Crippen LogP contribution in [0.3, 0.4) is 0 Å². The number of aryl methyl sites for hydroxylation is 1. The van der Waals surface area contributed by atoms with Crippen LogP contribution in [0.2, 0.25) is 0 Å². The molecule has 0 unspecified atom stereocenters. The SMILES string of the molecule is Cc1cn2c(C3=CN(C)SB=C3)cnc2c(Nc2ccc(CN3CCC(F)CC3)s2)n1. The number of rotatable bonds is 5. The summed E-state index contributed by atoms with van der Waals surface area (Å²) in [5.41, 5.74) is 3.87. The van der Waals surface area contributed by atoms with Crippen molar-refractivity contribution in [1.82, 2.24) is 23.6 Å². The third-order valence-electron chi connectivity index (χ3n) is 5.50. The van der Waals surface area contributed by atoms with Crippen LogP contribution in [0.5, 0.6) is 0 Å². The molecule has 3 aromatic heterocycles. The summed E-state index contributed by atoms with van der Waals surface area (Å²) in [7, 11) is 2.03. The van der Waals surface area contributed by atoms with Crippen molar-refractivity contribution in [3.8, 4) is 0 Å². The number of likely N-dealkylation sites (tertiary alicyclic amines) is 1. The molecule has 5 heterocycles. The number of alkyl halides is 1. The van der Waals surface area contributed by atoms with E-state index in [1.807, 2.05) is 26.4 Å². The van der Waals surface area contributed by atoms with Crippen molar-refractivity contribution >= 4 is 57.3 Å². The number of anilines is 2. The fraction of sp³-hybridized carbons (Fsp3) is 0.381. The molecular weight excluding hydrogens is 430 g/mol. The zero-order valence-electron chi connectivity index (χ0n) is 17.6. The summed E-state index contributed by atoms with van der Waals surface area (Å²) in [6.45, 7) is 4.53. The van der Waals surface area contributed by atoms with Gasteiger partial charge in [0.05, 0.1) is 0 Å². The third kappa shape index (κ3) is 4.56. The van der Waals surface area contributed by atoms with Crippen LogP contribution in [0.1, 0.15) is 29.1 Å². The Kier molecular flexibility index (Phi) is 5.86. The fourth-order valence-corrected chi connectivity index (χ4v) is 5.48. The van der Waals surface area contributed by atoms with Crippen LogP contribution in [-0.4, -0.2) is 62.0 Å². The molecule has 2 aliphatic heterocycles. The zero-order chi connectivity index (χ0) is 21.4. The predicted molar refractivity (Wildman–Crippen MR) is 130 cm³/mol. The van der Waals surface area contributed by atoms with Gasteiger partial charge in [-0.1, -0.05) is 0 Å². The third-order valence-corrected chi connectivity index (χ3v) is 7.19. The number of thiophene rings is 1. The second-order valence-corrected chi connectivity index (χ2v) is 10.2. The van der Waals surface area contributed by atoms with Crippen molar-refractivity contribution in [3.05, 3.63) is 47.0 Å². The van der Waals surface area contributed by atoms with E-state index in [4.69, 9.17) is 4.98 Å². The Labute approximate surface area is 190 Å². The Bertz CT molecular complexity index is 1150. The molecule has 5 rings (SSSR count). The van der Waals surface area contributed by atoms with Crippen molar-refractivity contribution in [2.24, 2.45) is 0 Å². The Morgan fingerprint density at radius 3 is 2.94 bits per heavy atom. The van der Waals surface area contributed by atoms with E-state index in [-0.39, 0.29) is 0 Å². The molecule has 0 bridgehead atoms. The van der Waals surface area contributed by atoms with Crippen LogP contribution in [0, 0.1) is 6.92 Å². The molecule has 0 aromatic carbocycles. The van der Waals surface area contributed by atoms with E-state index in [1.54, 1.807) is 23.1 Å². The van der Waals surface area contributed by atoms with Gasteiger partial charge in [-0.15, -0.1) is 0 Å². The minimum absolute atomic E-state index is 0.634. The standard InChI is InChI=1S/C21H24BFN6S2/c1-14-11-29-18(15-9-22-31-27(2)12-15)10-24-21(29)20(25-14)26-19-4-3-17(30-19)13-28-7-5-16(23)6-8-28/h3-4,9-12,16H,5-8,13H2,1-2H3,(H,25,26). The Hall–Kier alpha value is -2.17. The molecule has 0 spiro atoms. The van der Waals surface area contributed by atoms with Gasteiger partial charge in [-0.05, 0) is 12.8 Å². The molecular formula is C21H24BFN6S2. The number of fused-ring (bicyclic) bond motifs is 1. The van der Waals surface area contributed by atoms with Crippen LogP contribution in [0.4, 0.5) is 15.2 Å². The molecule has 1 saturated heterocycles. The first kappa shape index (κ1) is 20.7. The molecule has 0 radical (unpaired) electrons. The van der Waals surface area contributed by atoms with Crippen LogP contribution in [-0.2, 0) is 6.54 Å². The van der Waals surface area contributed by atoms with Gasteiger partial charge in [0.25, 0.3) is 0 Å². The summed E-state index contributed by atoms with van der Waals surface area (Å²) in [6.07, 6.45) is 8.75. The number of nitrogens with zero attached hydrogens (tertiary/aromatic N) is 5. The number of imidazole rings is 1. The molecule has 2 aliphatic rings. The average Bonchev–Trinajstić information content (AvgIpc) is 3.36. The minimum atomic E-state index is -0.634. The van der Waals surface area contributed by atoms with Gasteiger partial charge in [-0.2, -0.15) is 0 Å². The van der Waals surface area contributed by atoms with E-state index in [0.29, 0.717) is 12.8 Å². The number of allylic oxidation sites excluding steroid dienone is 1. The first-order chi connectivity index (χ1) is 15.0. The van der Waals surface area contributed by atoms with Crippen LogP contribution >= 0.6 is 23.1 Å². The van der Waals surface area contributed by atoms with Gasteiger partial charge in [0, 0.05) is 13.1 Å². The Morgan fingerprint density at radius 2 is 2.13 bits per heavy atom. The molecule has 10 heteroatoms. The molecule has 1 N–H and O–H groups in total. The van der Waals surface area contributed by atoms with Crippen molar-refractivity contribution in [2.75, 3.05) is 25.5 Å². The fourth-order valence-electron chi connectivity index (χ4n) is 3.95. The van der Waals surface area contributed by atoms with Crippen LogP contribution < -0.4 is 5.32 Å². The monoisotopic (exact) mass is 454 g/mol. The second-order valence-electron chi connectivity index (χ2n) is 7.95. The van der Waals surface area contributed by atoms with Gasteiger partial charge >= 0.3 is 154 Å². The average molecular weight is 454 g/mol. The van der Waals surface area contributed by atoms with Gasteiger partial charge in [0.1, 0.15) is 6.17 Å². The summed E-state index contributed by atoms with van der Waals surface area (Å²) in [5.74, 6) is 2.86. The maximum atomic E-state index is 13.4. The van der Waals surface area contributed by atoms with E-state index in [1.165, 1.54) is 4.88 Å². The van der Waals surface area contributed by atoms with Gasteiger partial charge < -0.3 is 0 Å². The summed E-state index contributed by atoms with van der Waals surface area (Å²) >= 11 is 3.36. The van der Waals surface area contributed by atoms with Crippen molar-refractivity contribution < 1.29 is 4.39 Å². The number of hydrogen-bond donors (Lipinski definition) is 1. The molecule has 1 fully saturated rings. The molecule has 0 atom stereocenters. The van der Waals surface area contributed by atoms with Gasteiger partial charge in [-0.3, -0.25) is 0 Å². The summed E-state index contributed by atoms with van der Waals surface area (Å²) < 4.78 is 17.6. The van der Waals surface area contributed by atoms with E-state index in [9.17, 15) is 4.39 Å². The van der Waals surface area contributed by atoms with Gasteiger partial charge in [-0.25, -0.2) is 4.39 Å². The van der Waals surface area contributed by atoms with Crippen LogP contribution in [0.15, 0.2) is 30.7 Å². The summed E-state index contributed by atoms with van der Waals surface area (Å²) in [4.78, 5) is 13.0. The number of nitrogens with one attached hydrogen (secondary N) is 1. The topological polar surface area (TPSA) is 48.7 Å². The first-order valence-corrected chi connectivity index (χ1v) is 12.1. The molecule has 0 saturated carbocycles. The Balaban J connectivity index is 1.37. The molecule has 6 nitrogen and oxygen atoms in total. The van der Waals surface area contributed by atoms with Gasteiger partial charge in [0.15, 0.2) is 0 Å². The normalized spacial score (nSPS) is 17.8. The van der Waals surface area contributed by atoms with E-state index in [2.05, 4.69) is 54.4 Å². The molecule has 31 heavy (non-hydrogen) atoms. The number of halogens is 1. The van der Waals surface area contributed by atoms with Crippen molar-refractivity contribution in [2.45, 2.75) is 32.5 Å². The van der Waals surface area contributed by atoms with E-state index in [0.717, 1.165) is 53.1 Å². The van der Waals surface area contributed by atoms with Crippen molar-refractivity contribution in [3.63, 3.8) is 0 Å². The quantitative estimate of drug-likeness (QED) is 0.462. The number of hydrogen-bond acceptors (Lipinski definition) is 7. The Morgan fingerprint density at radius 1 is 1.29 bits per heavy atom. The summed E-state index contributed by atoms with van der Waals surface area (Å²) in [6, 6.07) is 4.23. The maximum absolute atomic E-state index is 13.4. The molecule has 160 valence electrons. The van der Waals surface area contributed by atoms with Crippen molar-refractivity contribution in [1.29, 1.82) is 0 Å². The first-order valence-electron chi connectivity index (χ1n) is 10.4. The van der Waals surface area contributed by atoms with E-state index < -0.39 is 6.17 Å². The van der Waals surface area contributed by atoms with E-state index >= 15 is 0 Å². The second kappa shape index (κ2) is 8.76. The summed E-state index contributed by atoms with van der Waals surface area (Å²) in [5, 5.41) is 4.51. The van der Waals surface area contributed by atoms with Gasteiger partial charge in [0.2, 0.25) is 0 Å².